The van der Waals surface area contributed by atoms with Gasteiger partial charge in [0.1, 0.15) is 0 Å². The van der Waals surface area contributed by atoms with E-state index in [4.69, 9.17) is 5.73 Å². The van der Waals surface area contributed by atoms with Crippen molar-refractivity contribution in [3.8, 4) is 11.8 Å². The molecule has 0 atom stereocenters. The van der Waals surface area contributed by atoms with Gasteiger partial charge >= 0.3 is 0 Å². The van der Waals surface area contributed by atoms with Crippen molar-refractivity contribution in [3.05, 3.63) is 28.8 Å². The van der Waals surface area contributed by atoms with Crippen molar-refractivity contribution in [3.63, 3.8) is 0 Å². The van der Waals surface area contributed by atoms with E-state index in [1.807, 2.05) is 26.0 Å². The van der Waals surface area contributed by atoms with E-state index in [1.54, 1.807) is 6.92 Å². The van der Waals surface area contributed by atoms with Crippen molar-refractivity contribution < 1.29 is 4.79 Å². The van der Waals surface area contributed by atoms with Crippen molar-refractivity contribution in [1.29, 1.82) is 0 Å². The van der Waals surface area contributed by atoms with Crippen LogP contribution in [-0.2, 0) is 4.79 Å². The third-order valence-corrected chi connectivity index (χ3v) is 3.09. The Kier molecular flexibility index (Phi) is 4.45. The van der Waals surface area contributed by atoms with Crippen LogP contribution in [0.3, 0.4) is 0 Å². The SMILES string of the molecule is CC(=O)SCC#Cc1ccc(N)c(C)c1C. The summed E-state index contributed by atoms with van der Waals surface area (Å²) >= 11 is 1.23. The summed E-state index contributed by atoms with van der Waals surface area (Å²) in [6.45, 7) is 5.54. The van der Waals surface area contributed by atoms with Crippen LogP contribution in [0, 0.1) is 25.7 Å². The highest BCUT2D eigenvalue weighted by Gasteiger charge is 2.01. The molecule has 0 spiro atoms. The molecule has 84 valence electrons. The lowest BCUT2D eigenvalue weighted by atomic mass is 10.0. The Balaban J connectivity index is 2.82. The van der Waals surface area contributed by atoms with Gasteiger partial charge in [-0.15, -0.1) is 0 Å². The van der Waals surface area contributed by atoms with Gasteiger partial charge in [-0.3, -0.25) is 4.79 Å². The molecule has 16 heavy (non-hydrogen) atoms. The number of hydrogen-bond donors (Lipinski definition) is 1. The number of hydrogen-bond acceptors (Lipinski definition) is 3. The smallest absolute Gasteiger partial charge is 0.186 e. The molecule has 2 nitrogen and oxygen atoms in total. The van der Waals surface area contributed by atoms with Crippen LogP contribution in [0.5, 0.6) is 0 Å². The summed E-state index contributed by atoms with van der Waals surface area (Å²) < 4.78 is 0. The van der Waals surface area contributed by atoms with Gasteiger partial charge in [-0.05, 0) is 37.1 Å². The monoisotopic (exact) mass is 233 g/mol. The number of nitrogens with two attached hydrogens (primary N) is 1. The van der Waals surface area contributed by atoms with Crippen LogP contribution in [0.1, 0.15) is 23.6 Å². The summed E-state index contributed by atoms with van der Waals surface area (Å²) in [5.74, 6) is 6.57. The second kappa shape index (κ2) is 5.62. The lowest BCUT2D eigenvalue weighted by Gasteiger charge is -2.05. The molecule has 1 aromatic carbocycles. The average molecular weight is 233 g/mol. The molecule has 0 aliphatic heterocycles. The molecule has 0 saturated carbocycles. The van der Waals surface area contributed by atoms with E-state index in [0.717, 1.165) is 22.4 Å². The van der Waals surface area contributed by atoms with Crippen molar-refractivity contribution in [2.45, 2.75) is 20.8 Å². The Bertz CT molecular complexity index is 469. The Hall–Kier alpha value is -1.40. The first-order valence-corrected chi connectivity index (χ1v) is 5.99. The quantitative estimate of drug-likeness (QED) is 0.598. The lowest BCUT2D eigenvalue weighted by molar-refractivity contribution is -0.109. The molecular formula is C13H15NOS. The molecule has 0 amide bonds. The van der Waals surface area contributed by atoms with Gasteiger partial charge in [-0.25, -0.2) is 0 Å². The van der Waals surface area contributed by atoms with E-state index >= 15 is 0 Å². The minimum absolute atomic E-state index is 0.0968. The molecule has 0 unspecified atom stereocenters. The molecule has 0 aliphatic rings. The minimum atomic E-state index is 0.0968. The average Bonchev–Trinajstić information content (AvgIpc) is 2.23. The first-order chi connectivity index (χ1) is 7.52. The summed E-state index contributed by atoms with van der Waals surface area (Å²) in [7, 11) is 0. The highest BCUT2D eigenvalue weighted by Crippen LogP contribution is 2.18. The highest BCUT2D eigenvalue weighted by atomic mass is 32.2. The Morgan fingerprint density at radius 1 is 1.38 bits per heavy atom. The van der Waals surface area contributed by atoms with E-state index in [9.17, 15) is 4.79 Å². The molecular weight excluding hydrogens is 218 g/mol. The van der Waals surface area contributed by atoms with E-state index in [-0.39, 0.29) is 5.12 Å². The fourth-order valence-electron chi connectivity index (χ4n) is 1.25. The van der Waals surface area contributed by atoms with Crippen molar-refractivity contribution in [2.24, 2.45) is 0 Å². The van der Waals surface area contributed by atoms with Gasteiger partial charge in [0.15, 0.2) is 5.12 Å². The van der Waals surface area contributed by atoms with Crippen LogP contribution in [0.4, 0.5) is 5.69 Å². The fraction of sp³-hybridized carbons (Fsp3) is 0.308. The molecule has 3 heteroatoms. The van der Waals surface area contributed by atoms with Gasteiger partial charge in [0.25, 0.3) is 0 Å². The van der Waals surface area contributed by atoms with E-state index < -0.39 is 0 Å². The molecule has 0 aliphatic carbocycles. The van der Waals surface area contributed by atoms with Gasteiger partial charge in [0.2, 0.25) is 0 Å². The van der Waals surface area contributed by atoms with E-state index in [2.05, 4.69) is 11.8 Å². The minimum Gasteiger partial charge on any atom is -0.399 e. The van der Waals surface area contributed by atoms with Crippen LogP contribution in [-0.4, -0.2) is 10.9 Å². The second-order valence-corrected chi connectivity index (χ2v) is 4.69. The van der Waals surface area contributed by atoms with Crippen LogP contribution in [0.15, 0.2) is 12.1 Å². The summed E-state index contributed by atoms with van der Waals surface area (Å²) in [4.78, 5) is 10.7. The predicted molar refractivity (Wildman–Crippen MR) is 70.3 cm³/mol. The third kappa shape index (κ3) is 3.32. The maximum atomic E-state index is 10.7. The first-order valence-electron chi connectivity index (χ1n) is 5.00. The lowest BCUT2D eigenvalue weighted by Crippen LogP contribution is -1.94. The molecule has 0 saturated heterocycles. The van der Waals surface area contributed by atoms with Gasteiger partial charge in [0.05, 0.1) is 5.75 Å². The molecule has 0 bridgehead atoms. The number of thioether (sulfide) groups is 1. The molecule has 0 fully saturated rings. The fourth-order valence-corrected chi connectivity index (χ4v) is 1.59. The molecule has 0 aromatic heterocycles. The first kappa shape index (κ1) is 12.7. The van der Waals surface area contributed by atoms with Crippen LogP contribution in [0.2, 0.25) is 0 Å². The largest absolute Gasteiger partial charge is 0.399 e. The number of anilines is 1. The topological polar surface area (TPSA) is 43.1 Å². The van der Waals surface area contributed by atoms with Crippen molar-refractivity contribution in [2.75, 3.05) is 11.5 Å². The predicted octanol–water partition coefficient (Wildman–Crippen LogP) is 2.52. The summed E-state index contributed by atoms with van der Waals surface area (Å²) in [5.41, 5.74) is 9.75. The van der Waals surface area contributed by atoms with Gasteiger partial charge in [0, 0.05) is 18.2 Å². The standard InChI is InChI=1S/C13H15NOS/c1-9-10(2)13(14)7-6-12(9)5-4-8-16-11(3)15/h6-7H,8,14H2,1-3H3. The van der Waals surface area contributed by atoms with Crippen LogP contribution in [0.25, 0.3) is 0 Å². The van der Waals surface area contributed by atoms with Gasteiger partial charge < -0.3 is 5.73 Å². The van der Waals surface area contributed by atoms with Crippen LogP contribution >= 0.6 is 11.8 Å². The van der Waals surface area contributed by atoms with Gasteiger partial charge in [-0.2, -0.15) is 0 Å². The summed E-state index contributed by atoms with van der Waals surface area (Å²) in [6, 6.07) is 3.79. The zero-order chi connectivity index (χ0) is 12.1. The van der Waals surface area contributed by atoms with Crippen LogP contribution < -0.4 is 5.73 Å². The van der Waals surface area contributed by atoms with Gasteiger partial charge in [-0.1, -0.05) is 23.6 Å². The van der Waals surface area contributed by atoms with Crippen molar-refractivity contribution >= 4 is 22.6 Å². The number of benzene rings is 1. The maximum Gasteiger partial charge on any atom is 0.186 e. The molecule has 0 heterocycles. The summed E-state index contributed by atoms with van der Waals surface area (Å²) in [6.07, 6.45) is 0. The second-order valence-electron chi connectivity index (χ2n) is 3.53. The molecule has 1 rings (SSSR count). The normalized spacial score (nSPS) is 9.44. The Morgan fingerprint density at radius 2 is 2.06 bits per heavy atom. The molecule has 0 radical (unpaired) electrons. The summed E-state index contributed by atoms with van der Waals surface area (Å²) in [5, 5.41) is 0.0968. The zero-order valence-electron chi connectivity index (χ0n) is 9.76. The maximum absolute atomic E-state index is 10.7. The number of carbonyl (C=O) groups excluding carboxylic acids is 1. The number of carbonyl (C=O) groups is 1. The number of nitrogen functional groups attached to an aromatic ring is 1. The Labute approximate surface area is 101 Å². The Morgan fingerprint density at radius 3 is 2.69 bits per heavy atom. The zero-order valence-corrected chi connectivity index (χ0v) is 10.6. The molecule has 1 aromatic rings. The van der Waals surface area contributed by atoms with Crippen molar-refractivity contribution in [1.82, 2.24) is 0 Å². The highest BCUT2D eigenvalue weighted by molar-refractivity contribution is 8.13. The van der Waals surface area contributed by atoms with E-state index in [1.165, 1.54) is 11.8 Å². The third-order valence-electron chi connectivity index (χ3n) is 2.40. The molecule has 2 N–H and O–H groups in total. The number of rotatable bonds is 1. The van der Waals surface area contributed by atoms with E-state index in [0.29, 0.717) is 5.75 Å².